The van der Waals surface area contributed by atoms with Crippen LogP contribution in [-0.4, -0.2) is 16.1 Å². The summed E-state index contributed by atoms with van der Waals surface area (Å²) in [5, 5.41) is 9.45. The Balaban J connectivity index is 2.59. The van der Waals surface area contributed by atoms with E-state index in [0.29, 0.717) is 15.1 Å². The molecule has 1 N–H and O–H groups in total. The van der Waals surface area contributed by atoms with Crippen molar-refractivity contribution in [3.05, 3.63) is 39.8 Å². The lowest BCUT2D eigenvalue weighted by Crippen LogP contribution is -1.98. The minimum absolute atomic E-state index is 0.122. The van der Waals surface area contributed by atoms with Crippen LogP contribution in [-0.2, 0) is 0 Å². The molecule has 0 bridgehead atoms. The van der Waals surface area contributed by atoms with Crippen molar-refractivity contribution in [1.29, 1.82) is 0 Å². The predicted octanol–water partition coefficient (Wildman–Crippen LogP) is 3.46. The average molecular weight is 303 g/mol. The molecule has 0 amide bonds. The van der Waals surface area contributed by atoms with Gasteiger partial charge in [0, 0.05) is 15.1 Å². The summed E-state index contributed by atoms with van der Waals surface area (Å²) in [5.41, 5.74) is 0.474. The molecule has 0 fully saturated rings. The van der Waals surface area contributed by atoms with Crippen LogP contribution >= 0.6 is 27.5 Å². The summed E-state index contributed by atoms with van der Waals surface area (Å²) in [6.45, 7) is 0. The van der Waals surface area contributed by atoms with Crippen LogP contribution in [0.1, 0.15) is 10.5 Å². The van der Waals surface area contributed by atoms with E-state index in [9.17, 15) is 4.79 Å². The van der Waals surface area contributed by atoms with Gasteiger partial charge in [-0.3, -0.25) is 0 Å². The summed E-state index contributed by atoms with van der Waals surface area (Å²) >= 11 is 9.07. The summed E-state index contributed by atoms with van der Waals surface area (Å²) in [4.78, 5) is 14.5. The minimum atomic E-state index is -1.13. The van der Waals surface area contributed by atoms with Crippen LogP contribution in [0.15, 0.2) is 33.5 Å². The highest BCUT2D eigenvalue weighted by Crippen LogP contribution is 2.32. The van der Waals surface area contributed by atoms with E-state index in [0.717, 1.165) is 6.39 Å². The van der Waals surface area contributed by atoms with E-state index in [1.807, 2.05) is 0 Å². The zero-order valence-electron chi connectivity index (χ0n) is 7.78. The van der Waals surface area contributed by atoms with Crippen molar-refractivity contribution >= 4 is 33.5 Å². The largest absolute Gasteiger partial charge is 0.476 e. The Hall–Kier alpha value is -1.33. The molecular weight excluding hydrogens is 297 g/mol. The first kappa shape index (κ1) is 11.2. The molecular formula is C10H5BrClNO3. The molecule has 0 atom stereocenters. The number of rotatable bonds is 2. The molecule has 0 spiro atoms. The zero-order chi connectivity index (χ0) is 11.7. The Bertz CT molecular complexity index is 553. The molecule has 0 radical (unpaired) electrons. The number of oxazole rings is 1. The molecule has 1 aromatic carbocycles. The van der Waals surface area contributed by atoms with Gasteiger partial charge in [-0.25, -0.2) is 9.78 Å². The fourth-order valence-corrected chi connectivity index (χ4v) is 2.13. The maximum Gasteiger partial charge on any atom is 0.358 e. The molecule has 2 rings (SSSR count). The smallest absolute Gasteiger partial charge is 0.358 e. The van der Waals surface area contributed by atoms with Crippen molar-refractivity contribution in [3.63, 3.8) is 0 Å². The van der Waals surface area contributed by atoms with Gasteiger partial charge in [0.1, 0.15) is 0 Å². The Labute approximate surface area is 104 Å². The lowest BCUT2D eigenvalue weighted by molar-refractivity contribution is 0.0691. The molecule has 1 heterocycles. The average Bonchev–Trinajstić information content (AvgIpc) is 2.66. The van der Waals surface area contributed by atoms with E-state index < -0.39 is 5.97 Å². The van der Waals surface area contributed by atoms with Crippen molar-refractivity contribution < 1.29 is 14.3 Å². The second-order valence-electron chi connectivity index (χ2n) is 2.96. The molecule has 0 unspecified atom stereocenters. The first-order chi connectivity index (χ1) is 7.59. The zero-order valence-corrected chi connectivity index (χ0v) is 10.1. The highest BCUT2D eigenvalue weighted by molar-refractivity contribution is 9.10. The molecule has 0 saturated heterocycles. The quantitative estimate of drug-likeness (QED) is 0.923. The first-order valence-corrected chi connectivity index (χ1v) is 5.39. The second-order valence-corrected chi connectivity index (χ2v) is 4.25. The van der Waals surface area contributed by atoms with E-state index in [1.165, 1.54) is 0 Å². The number of halogens is 2. The van der Waals surface area contributed by atoms with Gasteiger partial charge in [0.2, 0.25) is 0 Å². The maximum absolute atomic E-state index is 10.9. The molecule has 4 nitrogen and oxygen atoms in total. The Kier molecular flexibility index (Phi) is 2.98. The Morgan fingerprint density at radius 2 is 2.25 bits per heavy atom. The summed E-state index contributed by atoms with van der Waals surface area (Å²) in [7, 11) is 0. The number of aromatic nitrogens is 1. The monoisotopic (exact) mass is 301 g/mol. The summed E-state index contributed by atoms with van der Waals surface area (Å²) < 4.78 is 5.72. The van der Waals surface area contributed by atoms with Crippen LogP contribution in [0.3, 0.4) is 0 Å². The van der Waals surface area contributed by atoms with Gasteiger partial charge < -0.3 is 9.52 Å². The third-order valence-electron chi connectivity index (χ3n) is 1.95. The molecule has 1 aromatic heterocycles. The number of carboxylic acid groups (broad SMARTS) is 1. The standard InChI is InChI=1S/C10H5BrClNO3/c11-7-3-5(12)1-2-6(7)9-8(10(14)15)13-4-16-9/h1-4H,(H,14,15). The molecule has 82 valence electrons. The minimum Gasteiger partial charge on any atom is -0.476 e. The van der Waals surface area contributed by atoms with Gasteiger partial charge in [-0.1, -0.05) is 11.6 Å². The highest BCUT2D eigenvalue weighted by Gasteiger charge is 2.19. The van der Waals surface area contributed by atoms with E-state index >= 15 is 0 Å². The summed E-state index contributed by atoms with van der Waals surface area (Å²) in [6, 6.07) is 4.97. The van der Waals surface area contributed by atoms with Crippen LogP contribution in [0.2, 0.25) is 5.02 Å². The topological polar surface area (TPSA) is 63.3 Å². The fraction of sp³-hybridized carbons (Fsp3) is 0. The van der Waals surface area contributed by atoms with Gasteiger partial charge in [0.05, 0.1) is 0 Å². The SMILES string of the molecule is O=C(O)c1ncoc1-c1ccc(Cl)cc1Br. The highest BCUT2D eigenvalue weighted by atomic mass is 79.9. The molecule has 16 heavy (non-hydrogen) atoms. The van der Waals surface area contributed by atoms with Crippen molar-refractivity contribution in [1.82, 2.24) is 4.98 Å². The maximum atomic E-state index is 10.9. The van der Waals surface area contributed by atoms with Gasteiger partial charge in [0.25, 0.3) is 0 Å². The van der Waals surface area contributed by atoms with Crippen molar-refractivity contribution in [2.75, 3.05) is 0 Å². The Morgan fingerprint density at radius 1 is 1.50 bits per heavy atom. The van der Waals surface area contributed by atoms with Crippen LogP contribution < -0.4 is 0 Å². The van der Waals surface area contributed by atoms with Crippen LogP contribution in [0.5, 0.6) is 0 Å². The lowest BCUT2D eigenvalue weighted by atomic mass is 10.1. The number of hydrogen-bond acceptors (Lipinski definition) is 3. The number of nitrogens with zero attached hydrogens (tertiary/aromatic N) is 1. The predicted molar refractivity (Wildman–Crippen MR) is 61.6 cm³/mol. The third-order valence-corrected chi connectivity index (χ3v) is 2.84. The van der Waals surface area contributed by atoms with Crippen molar-refractivity contribution in [2.24, 2.45) is 0 Å². The van der Waals surface area contributed by atoms with E-state index in [4.69, 9.17) is 21.1 Å². The van der Waals surface area contributed by atoms with Gasteiger partial charge in [0.15, 0.2) is 17.8 Å². The normalized spacial score (nSPS) is 10.4. The first-order valence-electron chi connectivity index (χ1n) is 4.22. The van der Waals surface area contributed by atoms with Crippen LogP contribution in [0.25, 0.3) is 11.3 Å². The molecule has 0 aliphatic heterocycles. The number of carboxylic acids is 1. The van der Waals surface area contributed by atoms with Gasteiger partial charge >= 0.3 is 5.97 Å². The number of carbonyl (C=O) groups is 1. The van der Waals surface area contributed by atoms with Crippen molar-refractivity contribution in [3.8, 4) is 11.3 Å². The molecule has 6 heteroatoms. The van der Waals surface area contributed by atoms with Crippen molar-refractivity contribution in [2.45, 2.75) is 0 Å². The molecule has 0 saturated carbocycles. The Morgan fingerprint density at radius 3 is 2.88 bits per heavy atom. The van der Waals surface area contributed by atoms with E-state index in [1.54, 1.807) is 18.2 Å². The number of aromatic carboxylic acids is 1. The number of benzene rings is 1. The number of hydrogen-bond donors (Lipinski definition) is 1. The third kappa shape index (κ3) is 1.96. The van der Waals surface area contributed by atoms with Crippen LogP contribution in [0.4, 0.5) is 0 Å². The van der Waals surface area contributed by atoms with E-state index in [-0.39, 0.29) is 11.5 Å². The summed E-state index contributed by atoms with van der Waals surface area (Å²) in [5.74, 6) is -0.929. The molecule has 2 aromatic rings. The van der Waals surface area contributed by atoms with Gasteiger partial charge in [-0.15, -0.1) is 0 Å². The van der Waals surface area contributed by atoms with Gasteiger partial charge in [-0.2, -0.15) is 0 Å². The van der Waals surface area contributed by atoms with E-state index in [2.05, 4.69) is 20.9 Å². The van der Waals surface area contributed by atoms with Gasteiger partial charge in [-0.05, 0) is 34.1 Å². The molecule has 0 aliphatic rings. The molecule has 0 aliphatic carbocycles. The summed E-state index contributed by atoms with van der Waals surface area (Å²) in [6.07, 6.45) is 1.10. The second kappa shape index (κ2) is 4.27. The fourth-order valence-electron chi connectivity index (χ4n) is 1.26. The van der Waals surface area contributed by atoms with Crippen LogP contribution in [0, 0.1) is 0 Å². The lowest BCUT2D eigenvalue weighted by Gasteiger charge is -2.01.